The lowest BCUT2D eigenvalue weighted by Crippen LogP contribution is -2.08. The fraction of sp³-hybridized carbons (Fsp3) is 0.111. The first-order valence-electron chi connectivity index (χ1n) is 7.08. The average Bonchev–Trinajstić information content (AvgIpc) is 2.60. The number of carboxylic acids is 1. The molecule has 0 heterocycles. The minimum Gasteiger partial charge on any atom is -0.493 e. The standard InChI is InChI=1S/C18H17NO5/c1-23-15-9-8-14(11-16(15)24-2)19-17(20)10-5-12-3-6-13(7-4-12)18(21)22/h3-11H,1-2H3,(H,19,20)(H,21,22). The van der Waals surface area contributed by atoms with Gasteiger partial charge in [0.05, 0.1) is 19.8 Å². The van der Waals surface area contributed by atoms with Gasteiger partial charge in [-0.15, -0.1) is 0 Å². The molecular formula is C18H17NO5. The first-order valence-corrected chi connectivity index (χ1v) is 7.08. The third-order valence-corrected chi connectivity index (χ3v) is 3.24. The Hall–Kier alpha value is -3.28. The molecule has 0 unspecified atom stereocenters. The molecule has 24 heavy (non-hydrogen) atoms. The molecule has 0 atom stereocenters. The first kappa shape index (κ1) is 17.1. The minimum absolute atomic E-state index is 0.196. The number of rotatable bonds is 6. The molecule has 0 aliphatic heterocycles. The van der Waals surface area contributed by atoms with Gasteiger partial charge in [-0.1, -0.05) is 12.1 Å². The second-order valence-electron chi connectivity index (χ2n) is 4.82. The monoisotopic (exact) mass is 327 g/mol. The van der Waals surface area contributed by atoms with Crippen molar-refractivity contribution >= 4 is 23.6 Å². The van der Waals surface area contributed by atoms with Gasteiger partial charge in [-0.25, -0.2) is 4.79 Å². The molecule has 0 saturated heterocycles. The van der Waals surface area contributed by atoms with Crippen LogP contribution >= 0.6 is 0 Å². The van der Waals surface area contributed by atoms with E-state index < -0.39 is 5.97 Å². The van der Waals surface area contributed by atoms with Crippen molar-refractivity contribution in [1.82, 2.24) is 0 Å². The Labute approximate surface area is 139 Å². The van der Waals surface area contributed by atoms with E-state index in [1.807, 2.05) is 0 Å². The van der Waals surface area contributed by atoms with Gasteiger partial charge in [0.1, 0.15) is 0 Å². The van der Waals surface area contributed by atoms with E-state index in [2.05, 4.69) is 5.32 Å². The highest BCUT2D eigenvalue weighted by Gasteiger charge is 2.06. The van der Waals surface area contributed by atoms with Crippen molar-refractivity contribution in [2.24, 2.45) is 0 Å². The van der Waals surface area contributed by atoms with Crippen LogP contribution in [0.1, 0.15) is 15.9 Å². The van der Waals surface area contributed by atoms with Gasteiger partial charge in [0.2, 0.25) is 5.91 Å². The highest BCUT2D eigenvalue weighted by molar-refractivity contribution is 6.02. The van der Waals surface area contributed by atoms with E-state index in [1.165, 1.54) is 32.4 Å². The topological polar surface area (TPSA) is 84.9 Å². The Morgan fingerprint density at radius 1 is 1.00 bits per heavy atom. The number of carbonyl (C=O) groups excluding carboxylic acids is 1. The van der Waals surface area contributed by atoms with Crippen LogP contribution in [0.5, 0.6) is 11.5 Å². The summed E-state index contributed by atoms with van der Waals surface area (Å²) < 4.78 is 10.3. The molecule has 0 saturated carbocycles. The Kier molecular flexibility index (Phi) is 5.57. The Bertz CT molecular complexity index is 765. The summed E-state index contributed by atoms with van der Waals surface area (Å²) >= 11 is 0. The zero-order valence-corrected chi connectivity index (χ0v) is 13.3. The number of anilines is 1. The van der Waals surface area contributed by atoms with Crippen molar-refractivity contribution < 1.29 is 24.2 Å². The number of carbonyl (C=O) groups is 2. The van der Waals surface area contributed by atoms with Crippen LogP contribution in [0.4, 0.5) is 5.69 Å². The van der Waals surface area contributed by atoms with Crippen LogP contribution in [-0.4, -0.2) is 31.2 Å². The lowest BCUT2D eigenvalue weighted by Gasteiger charge is -2.09. The summed E-state index contributed by atoms with van der Waals surface area (Å²) in [6.45, 7) is 0. The Morgan fingerprint density at radius 3 is 2.25 bits per heavy atom. The molecule has 2 aromatic carbocycles. The van der Waals surface area contributed by atoms with Gasteiger partial charge in [0, 0.05) is 17.8 Å². The van der Waals surface area contributed by atoms with Crippen molar-refractivity contribution in [1.29, 1.82) is 0 Å². The summed E-state index contributed by atoms with van der Waals surface area (Å²) in [4.78, 5) is 22.7. The number of methoxy groups -OCH3 is 2. The van der Waals surface area contributed by atoms with E-state index in [9.17, 15) is 9.59 Å². The Morgan fingerprint density at radius 2 is 1.67 bits per heavy atom. The van der Waals surface area contributed by atoms with Crippen molar-refractivity contribution in [3.63, 3.8) is 0 Å². The predicted molar refractivity (Wildman–Crippen MR) is 90.6 cm³/mol. The number of ether oxygens (including phenoxy) is 2. The van der Waals surface area contributed by atoms with E-state index in [4.69, 9.17) is 14.6 Å². The fourth-order valence-corrected chi connectivity index (χ4v) is 2.01. The molecule has 6 heteroatoms. The van der Waals surface area contributed by atoms with Crippen LogP contribution in [0.3, 0.4) is 0 Å². The maximum absolute atomic E-state index is 12.0. The summed E-state index contributed by atoms with van der Waals surface area (Å²) in [7, 11) is 3.05. The zero-order valence-electron chi connectivity index (χ0n) is 13.3. The maximum Gasteiger partial charge on any atom is 0.335 e. The number of benzene rings is 2. The summed E-state index contributed by atoms with van der Waals surface area (Å²) in [5, 5.41) is 11.5. The molecular weight excluding hydrogens is 310 g/mol. The summed E-state index contributed by atoms with van der Waals surface area (Å²) in [6, 6.07) is 11.3. The lowest BCUT2D eigenvalue weighted by atomic mass is 10.1. The molecule has 1 amide bonds. The van der Waals surface area contributed by atoms with E-state index in [0.717, 1.165) is 5.56 Å². The van der Waals surface area contributed by atoms with E-state index in [1.54, 1.807) is 36.4 Å². The van der Waals surface area contributed by atoms with Gasteiger partial charge in [-0.3, -0.25) is 4.79 Å². The van der Waals surface area contributed by atoms with Crippen molar-refractivity contribution in [3.8, 4) is 11.5 Å². The molecule has 0 aliphatic carbocycles. The third kappa shape index (κ3) is 4.36. The van der Waals surface area contributed by atoms with Gasteiger partial charge in [-0.2, -0.15) is 0 Å². The van der Waals surface area contributed by atoms with Crippen molar-refractivity contribution in [3.05, 3.63) is 59.7 Å². The summed E-state index contributed by atoms with van der Waals surface area (Å²) in [6.07, 6.45) is 2.97. The summed E-state index contributed by atoms with van der Waals surface area (Å²) in [5.41, 5.74) is 1.49. The largest absolute Gasteiger partial charge is 0.493 e. The molecule has 6 nitrogen and oxygen atoms in total. The minimum atomic E-state index is -0.989. The van der Waals surface area contributed by atoms with Crippen LogP contribution < -0.4 is 14.8 Å². The molecule has 2 aromatic rings. The predicted octanol–water partition coefficient (Wildman–Crippen LogP) is 3.05. The lowest BCUT2D eigenvalue weighted by molar-refractivity contribution is -0.111. The van der Waals surface area contributed by atoms with E-state index >= 15 is 0 Å². The summed E-state index contributed by atoms with van der Waals surface area (Å²) in [5.74, 6) is -0.214. The normalized spacial score (nSPS) is 10.4. The quantitative estimate of drug-likeness (QED) is 0.797. The SMILES string of the molecule is COc1ccc(NC(=O)C=Cc2ccc(C(=O)O)cc2)cc1OC. The van der Waals surface area contributed by atoms with Gasteiger partial charge in [0.25, 0.3) is 0 Å². The number of hydrogen-bond acceptors (Lipinski definition) is 4. The highest BCUT2D eigenvalue weighted by atomic mass is 16.5. The van der Waals surface area contributed by atoms with Crippen LogP contribution in [-0.2, 0) is 4.79 Å². The average molecular weight is 327 g/mol. The molecule has 0 radical (unpaired) electrons. The van der Waals surface area contributed by atoms with Crippen molar-refractivity contribution in [2.45, 2.75) is 0 Å². The molecule has 0 aromatic heterocycles. The van der Waals surface area contributed by atoms with Gasteiger partial charge in [-0.05, 0) is 35.9 Å². The van der Waals surface area contributed by atoms with Crippen molar-refractivity contribution in [2.75, 3.05) is 19.5 Å². The molecule has 0 spiro atoms. The first-order chi connectivity index (χ1) is 11.5. The number of amides is 1. The van der Waals surface area contributed by atoms with Gasteiger partial charge in [0.15, 0.2) is 11.5 Å². The second kappa shape index (κ2) is 7.82. The van der Waals surface area contributed by atoms with Crippen LogP contribution in [0.15, 0.2) is 48.5 Å². The number of nitrogens with one attached hydrogen (secondary N) is 1. The van der Waals surface area contributed by atoms with Gasteiger partial charge >= 0.3 is 5.97 Å². The second-order valence-corrected chi connectivity index (χ2v) is 4.82. The highest BCUT2D eigenvalue weighted by Crippen LogP contribution is 2.29. The number of aromatic carboxylic acids is 1. The number of hydrogen-bond donors (Lipinski definition) is 2. The van der Waals surface area contributed by atoms with Crippen LogP contribution in [0.2, 0.25) is 0 Å². The fourth-order valence-electron chi connectivity index (χ4n) is 2.01. The molecule has 2 N–H and O–H groups in total. The molecule has 0 aliphatic rings. The van der Waals surface area contributed by atoms with E-state index in [-0.39, 0.29) is 11.5 Å². The number of carboxylic acid groups (broad SMARTS) is 1. The maximum atomic E-state index is 12.0. The Balaban J connectivity index is 2.03. The molecule has 124 valence electrons. The smallest absolute Gasteiger partial charge is 0.335 e. The van der Waals surface area contributed by atoms with Gasteiger partial charge < -0.3 is 19.9 Å². The zero-order chi connectivity index (χ0) is 17.5. The van der Waals surface area contributed by atoms with Crippen LogP contribution in [0.25, 0.3) is 6.08 Å². The van der Waals surface area contributed by atoms with E-state index in [0.29, 0.717) is 17.2 Å². The van der Waals surface area contributed by atoms with Crippen LogP contribution in [0, 0.1) is 0 Å². The third-order valence-electron chi connectivity index (χ3n) is 3.24. The molecule has 0 bridgehead atoms. The molecule has 2 rings (SSSR count). The molecule has 0 fully saturated rings.